The first kappa shape index (κ1) is 14.3. The minimum Gasteiger partial charge on any atom is -0.505 e. The molecule has 0 aliphatic carbocycles. The molecule has 1 fully saturated rings. The number of hydrazine groups is 1. The van der Waals surface area contributed by atoms with Gasteiger partial charge >= 0.3 is 0 Å². The zero-order valence-corrected chi connectivity index (χ0v) is 11.6. The molecule has 0 radical (unpaired) electrons. The van der Waals surface area contributed by atoms with Gasteiger partial charge in [0.1, 0.15) is 11.9 Å². The third-order valence-corrected chi connectivity index (χ3v) is 3.55. The number of aromatic hydroxyl groups is 1. The van der Waals surface area contributed by atoms with E-state index in [1.165, 1.54) is 6.07 Å². The average molecular weight is 299 g/mol. The molecular weight excluding hydrogens is 285 g/mol. The fourth-order valence-electron chi connectivity index (χ4n) is 2.43. The van der Waals surface area contributed by atoms with Gasteiger partial charge in [0.15, 0.2) is 11.6 Å². The molecular formula is C16H14FN3O2. The Kier molecular flexibility index (Phi) is 3.92. The fourth-order valence-corrected chi connectivity index (χ4v) is 2.43. The van der Waals surface area contributed by atoms with Crippen LogP contribution in [-0.2, 0) is 0 Å². The first-order valence-electron chi connectivity index (χ1n) is 6.81. The lowest BCUT2D eigenvalue weighted by atomic mass is 10.0. The van der Waals surface area contributed by atoms with Crippen molar-refractivity contribution in [1.29, 1.82) is 5.26 Å². The van der Waals surface area contributed by atoms with Gasteiger partial charge in [0.25, 0.3) is 0 Å². The largest absolute Gasteiger partial charge is 0.505 e. The van der Waals surface area contributed by atoms with E-state index in [2.05, 4.69) is 10.9 Å². The third-order valence-electron chi connectivity index (χ3n) is 3.55. The van der Waals surface area contributed by atoms with E-state index in [4.69, 9.17) is 10.00 Å². The Morgan fingerprint density at radius 2 is 2.00 bits per heavy atom. The van der Waals surface area contributed by atoms with Gasteiger partial charge in [-0.05, 0) is 30.3 Å². The van der Waals surface area contributed by atoms with Gasteiger partial charge < -0.3 is 9.84 Å². The first-order valence-corrected chi connectivity index (χ1v) is 6.81. The fraction of sp³-hybridized carbons (Fsp3) is 0.188. The van der Waals surface area contributed by atoms with Crippen molar-refractivity contribution < 1.29 is 14.2 Å². The molecule has 2 atom stereocenters. The highest BCUT2D eigenvalue weighted by molar-refractivity contribution is 5.36. The van der Waals surface area contributed by atoms with Crippen LogP contribution in [0, 0.1) is 17.1 Å². The van der Waals surface area contributed by atoms with Crippen molar-refractivity contribution in [2.24, 2.45) is 0 Å². The molecule has 0 amide bonds. The molecule has 0 bridgehead atoms. The van der Waals surface area contributed by atoms with Crippen molar-refractivity contribution in [3.8, 4) is 17.6 Å². The Balaban J connectivity index is 1.81. The molecule has 1 aliphatic heterocycles. The second-order valence-corrected chi connectivity index (χ2v) is 4.98. The lowest BCUT2D eigenvalue weighted by Gasteiger charge is -2.21. The van der Waals surface area contributed by atoms with Gasteiger partial charge in [0.05, 0.1) is 17.7 Å². The quantitative estimate of drug-likeness (QED) is 0.808. The predicted octanol–water partition coefficient (Wildman–Crippen LogP) is 2.00. The maximum absolute atomic E-state index is 14.1. The number of nitriles is 1. The van der Waals surface area contributed by atoms with Crippen LogP contribution in [-0.4, -0.2) is 17.8 Å². The van der Waals surface area contributed by atoms with Crippen LogP contribution in [0.15, 0.2) is 42.5 Å². The maximum atomic E-state index is 14.1. The van der Waals surface area contributed by atoms with Crippen LogP contribution in [0.1, 0.15) is 17.2 Å². The maximum Gasteiger partial charge on any atom is 0.169 e. The topological polar surface area (TPSA) is 77.3 Å². The Bertz CT molecular complexity index is 712. The molecule has 6 heteroatoms. The van der Waals surface area contributed by atoms with E-state index in [0.717, 1.165) is 0 Å². The van der Waals surface area contributed by atoms with Crippen molar-refractivity contribution in [2.75, 3.05) is 6.54 Å². The van der Waals surface area contributed by atoms with E-state index in [0.29, 0.717) is 23.4 Å². The number of phenols is 1. The molecule has 22 heavy (non-hydrogen) atoms. The summed E-state index contributed by atoms with van der Waals surface area (Å²) in [6.45, 7) is 0.486. The van der Waals surface area contributed by atoms with Crippen molar-refractivity contribution >= 4 is 0 Å². The van der Waals surface area contributed by atoms with E-state index in [9.17, 15) is 9.50 Å². The summed E-state index contributed by atoms with van der Waals surface area (Å²) >= 11 is 0. The number of nitrogens with one attached hydrogen (secondary N) is 2. The molecule has 2 aromatic carbocycles. The molecule has 3 rings (SSSR count). The van der Waals surface area contributed by atoms with Crippen LogP contribution in [0.4, 0.5) is 4.39 Å². The molecule has 5 nitrogen and oxygen atoms in total. The summed E-state index contributed by atoms with van der Waals surface area (Å²) in [6, 6.07) is 12.8. The molecule has 3 N–H and O–H groups in total. The van der Waals surface area contributed by atoms with Crippen LogP contribution in [0.3, 0.4) is 0 Å². The Morgan fingerprint density at radius 1 is 1.23 bits per heavy atom. The summed E-state index contributed by atoms with van der Waals surface area (Å²) in [5.41, 5.74) is 6.77. The van der Waals surface area contributed by atoms with Crippen molar-refractivity contribution in [1.82, 2.24) is 10.9 Å². The summed E-state index contributed by atoms with van der Waals surface area (Å²) < 4.78 is 19.9. The van der Waals surface area contributed by atoms with Crippen LogP contribution in [0.5, 0.6) is 11.5 Å². The standard InChI is InChI=1S/C16H14FN3O2/c17-15-12(2-1-3-13(15)21)16-14(9-19-20-16)22-11-6-4-10(8-18)5-7-11/h1-7,14,16,19-21H,9H2. The molecule has 0 aromatic heterocycles. The number of rotatable bonds is 3. The molecule has 1 saturated heterocycles. The number of phenolic OH excluding ortho intramolecular Hbond substituents is 1. The van der Waals surface area contributed by atoms with Gasteiger partial charge in [-0.1, -0.05) is 12.1 Å². The summed E-state index contributed by atoms with van der Waals surface area (Å²) in [4.78, 5) is 0. The first-order chi connectivity index (χ1) is 10.7. The molecule has 2 aromatic rings. The Hall–Kier alpha value is -2.62. The molecule has 0 saturated carbocycles. The average Bonchev–Trinajstić information content (AvgIpc) is 2.99. The van der Waals surface area contributed by atoms with Gasteiger partial charge in [-0.25, -0.2) is 9.82 Å². The predicted molar refractivity (Wildman–Crippen MR) is 77.5 cm³/mol. The van der Waals surface area contributed by atoms with Gasteiger partial charge in [-0.3, -0.25) is 5.43 Å². The molecule has 1 aliphatic rings. The second-order valence-electron chi connectivity index (χ2n) is 4.98. The number of nitrogens with zero attached hydrogens (tertiary/aromatic N) is 1. The Labute approximate surface area is 126 Å². The van der Waals surface area contributed by atoms with Crippen molar-refractivity contribution in [3.05, 3.63) is 59.4 Å². The smallest absolute Gasteiger partial charge is 0.169 e. The minimum atomic E-state index is -0.655. The van der Waals surface area contributed by atoms with Gasteiger partial charge in [-0.15, -0.1) is 0 Å². The highest BCUT2D eigenvalue weighted by atomic mass is 19.1. The van der Waals surface area contributed by atoms with E-state index >= 15 is 0 Å². The van der Waals surface area contributed by atoms with Crippen LogP contribution in [0.2, 0.25) is 0 Å². The summed E-state index contributed by atoms with van der Waals surface area (Å²) in [5, 5.41) is 18.3. The number of hydrogen-bond donors (Lipinski definition) is 3. The summed E-state index contributed by atoms with van der Waals surface area (Å²) in [6.07, 6.45) is -0.343. The summed E-state index contributed by atoms with van der Waals surface area (Å²) in [5.74, 6) is -0.444. The van der Waals surface area contributed by atoms with Crippen molar-refractivity contribution in [3.63, 3.8) is 0 Å². The third kappa shape index (κ3) is 2.72. The second kappa shape index (κ2) is 6.02. The van der Waals surface area contributed by atoms with Crippen LogP contribution in [0.25, 0.3) is 0 Å². The summed E-state index contributed by atoms with van der Waals surface area (Å²) in [7, 11) is 0. The van der Waals surface area contributed by atoms with Gasteiger partial charge in [0.2, 0.25) is 0 Å². The van der Waals surface area contributed by atoms with Gasteiger partial charge in [-0.2, -0.15) is 5.26 Å². The lowest BCUT2D eigenvalue weighted by Crippen LogP contribution is -2.28. The highest BCUT2D eigenvalue weighted by Crippen LogP contribution is 2.29. The lowest BCUT2D eigenvalue weighted by molar-refractivity contribution is 0.195. The minimum absolute atomic E-state index is 0.337. The zero-order valence-electron chi connectivity index (χ0n) is 11.6. The van der Waals surface area contributed by atoms with E-state index < -0.39 is 11.9 Å². The normalized spacial score (nSPS) is 20.5. The number of ether oxygens (including phenoxy) is 1. The van der Waals surface area contributed by atoms with Crippen LogP contribution >= 0.6 is 0 Å². The molecule has 2 unspecified atom stereocenters. The van der Waals surface area contributed by atoms with E-state index in [1.54, 1.807) is 36.4 Å². The molecule has 0 spiro atoms. The van der Waals surface area contributed by atoms with Gasteiger partial charge in [0, 0.05) is 12.1 Å². The van der Waals surface area contributed by atoms with Crippen LogP contribution < -0.4 is 15.6 Å². The Morgan fingerprint density at radius 3 is 2.73 bits per heavy atom. The monoisotopic (exact) mass is 299 g/mol. The number of halogens is 1. The van der Waals surface area contributed by atoms with E-state index in [1.807, 2.05) is 6.07 Å². The van der Waals surface area contributed by atoms with E-state index in [-0.39, 0.29) is 11.9 Å². The van der Waals surface area contributed by atoms with Crippen molar-refractivity contribution in [2.45, 2.75) is 12.1 Å². The number of benzene rings is 2. The highest BCUT2D eigenvalue weighted by Gasteiger charge is 2.32. The molecule has 112 valence electrons. The molecule has 1 heterocycles. The SMILES string of the molecule is N#Cc1ccc(OC2CNNC2c2cccc(O)c2F)cc1. The number of hydrogen-bond acceptors (Lipinski definition) is 5. The zero-order chi connectivity index (χ0) is 15.5.